The number of amides is 1. The number of hydrogen-bond acceptors (Lipinski definition) is 6. The summed E-state index contributed by atoms with van der Waals surface area (Å²) in [7, 11) is 0. The van der Waals surface area contributed by atoms with Crippen LogP contribution in [0.2, 0.25) is 0 Å². The molecule has 1 N–H and O–H groups in total. The highest BCUT2D eigenvalue weighted by Gasteiger charge is 2.14. The molecule has 0 aliphatic heterocycles. The minimum Gasteiger partial charge on any atom is -0.323 e. The lowest BCUT2D eigenvalue weighted by Gasteiger charge is -2.03. The lowest BCUT2D eigenvalue weighted by Crippen LogP contribution is -2.15. The molecule has 0 unspecified atom stereocenters. The zero-order valence-electron chi connectivity index (χ0n) is 16.8. The summed E-state index contributed by atoms with van der Waals surface area (Å²) >= 11 is 1.60. The smallest absolute Gasteiger partial charge is 0.230 e. The molecule has 5 rings (SSSR count). The second kappa shape index (κ2) is 8.11. The van der Waals surface area contributed by atoms with Gasteiger partial charge in [-0.15, -0.1) is 16.4 Å². The summed E-state index contributed by atoms with van der Waals surface area (Å²) in [6.07, 6.45) is 3.62. The van der Waals surface area contributed by atoms with E-state index in [1.165, 1.54) is 0 Å². The molecule has 0 atom stereocenters. The van der Waals surface area contributed by atoms with Gasteiger partial charge in [0.2, 0.25) is 5.91 Å². The van der Waals surface area contributed by atoms with E-state index < -0.39 is 0 Å². The Bertz CT molecular complexity index is 1350. The fraction of sp³-hybridized carbons (Fsp3) is 0.136. The number of nitrogens with zero attached hydrogens (tertiary/aromatic N) is 6. The molecular formula is C22H19N7OS. The third kappa shape index (κ3) is 4.08. The number of carbonyl (C=O) groups excluding carboxylic acids is 1. The van der Waals surface area contributed by atoms with Crippen LogP contribution in [0.25, 0.3) is 21.6 Å². The van der Waals surface area contributed by atoms with Crippen molar-refractivity contribution in [3.05, 3.63) is 77.6 Å². The van der Waals surface area contributed by atoms with E-state index in [0.717, 1.165) is 32.2 Å². The van der Waals surface area contributed by atoms with E-state index in [9.17, 15) is 4.79 Å². The molecule has 154 valence electrons. The number of thiazole rings is 1. The first-order valence-corrected chi connectivity index (χ1v) is 10.6. The number of aryl methyl sites for hydroxylation is 1. The Hall–Kier alpha value is -3.85. The summed E-state index contributed by atoms with van der Waals surface area (Å²) in [5.41, 5.74) is 4.24. The van der Waals surface area contributed by atoms with Crippen molar-refractivity contribution in [2.75, 3.05) is 5.32 Å². The van der Waals surface area contributed by atoms with Gasteiger partial charge in [-0.1, -0.05) is 47.7 Å². The molecule has 31 heavy (non-hydrogen) atoms. The summed E-state index contributed by atoms with van der Waals surface area (Å²) in [6, 6.07) is 17.7. The van der Waals surface area contributed by atoms with Crippen LogP contribution in [-0.2, 0) is 17.9 Å². The third-order valence-electron chi connectivity index (χ3n) is 4.86. The average molecular weight is 430 g/mol. The summed E-state index contributed by atoms with van der Waals surface area (Å²) in [6.45, 7) is 2.40. The lowest BCUT2D eigenvalue weighted by molar-refractivity contribution is -0.115. The van der Waals surface area contributed by atoms with Gasteiger partial charge in [0.05, 0.1) is 35.7 Å². The molecule has 8 nitrogen and oxygen atoms in total. The maximum absolute atomic E-state index is 12.6. The van der Waals surface area contributed by atoms with Crippen molar-refractivity contribution in [3.63, 3.8) is 0 Å². The Labute approximate surface area is 182 Å². The fourth-order valence-corrected chi connectivity index (χ4v) is 4.25. The Kier molecular flexibility index (Phi) is 5.01. The molecule has 0 saturated heterocycles. The molecule has 1 amide bonds. The maximum Gasteiger partial charge on any atom is 0.230 e. The van der Waals surface area contributed by atoms with Gasteiger partial charge in [-0.2, -0.15) is 5.10 Å². The second-order valence-corrected chi connectivity index (χ2v) is 8.30. The minimum atomic E-state index is -0.126. The quantitative estimate of drug-likeness (QED) is 0.444. The van der Waals surface area contributed by atoms with Crippen LogP contribution in [0.4, 0.5) is 5.69 Å². The van der Waals surface area contributed by atoms with E-state index in [4.69, 9.17) is 0 Å². The van der Waals surface area contributed by atoms with Gasteiger partial charge < -0.3 is 5.32 Å². The first kappa shape index (κ1) is 19.1. The van der Waals surface area contributed by atoms with Crippen LogP contribution in [0.15, 0.2) is 67.0 Å². The van der Waals surface area contributed by atoms with Gasteiger partial charge in [0.1, 0.15) is 17.2 Å². The van der Waals surface area contributed by atoms with Crippen LogP contribution in [0.1, 0.15) is 10.6 Å². The van der Waals surface area contributed by atoms with Crippen molar-refractivity contribution in [1.29, 1.82) is 0 Å². The number of nitrogens with one attached hydrogen (secondary N) is 1. The molecule has 0 radical (unpaired) electrons. The average Bonchev–Trinajstić information content (AvgIpc) is 3.49. The van der Waals surface area contributed by atoms with Crippen molar-refractivity contribution in [2.45, 2.75) is 20.0 Å². The van der Waals surface area contributed by atoms with E-state index in [1.54, 1.807) is 33.1 Å². The zero-order valence-corrected chi connectivity index (χ0v) is 17.6. The largest absolute Gasteiger partial charge is 0.323 e. The fourth-order valence-electron chi connectivity index (χ4n) is 3.32. The Morgan fingerprint density at radius 2 is 1.90 bits per heavy atom. The molecule has 9 heteroatoms. The Morgan fingerprint density at radius 1 is 1.10 bits per heavy atom. The van der Waals surface area contributed by atoms with Crippen molar-refractivity contribution < 1.29 is 4.79 Å². The highest BCUT2D eigenvalue weighted by atomic mass is 32.1. The maximum atomic E-state index is 12.6. The minimum absolute atomic E-state index is 0.126. The van der Waals surface area contributed by atoms with Crippen molar-refractivity contribution in [2.24, 2.45) is 0 Å². The summed E-state index contributed by atoms with van der Waals surface area (Å²) in [4.78, 5) is 18.3. The molecule has 0 fully saturated rings. The van der Waals surface area contributed by atoms with Gasteiger partial charge in [0.15, 0.2) is 0 Å². The molecule has 0 saturated carbocycles. The van der Waals surface area contributed by atoms with Crippen molar-refractivity contribution in [3.8, 4) is 10.6 Å². The predicted octanol–water partition coefficient (Wildman–Crippen LogP) is 3.75. The summed E-state index contributed by atoms with van der Waals surface area (Å²) in [5, 5.41) is 16.5. The van der Waals surface area contributed by atoms with Gasteiger partial charge in [0.25, 0.3) is 0 Å². The molecule has 3 heterocycles. The van der Waals surface area contributed by atoms with Crippen LogP contribution >= 0.6 is 11.3 Å². The van der Waals surface area contributed by atoms with Crippen LogP contribution in [0.3, 0.4) is 0 Å². The number of carbonyl (C=O) groups is 1. The van der Waals surface area contributed by atoms with Gasteiger partial charge in [0, 0.05) is 10.4 Å². The predicted molar refractivity (Wildman–Crippen MR) is 120 cm³/mol. The van der Waals surface area contributed by atoms with Gasteiger partial charge in [-0.05, 0) is 19.1 Å². The number of rotatable bonds is 6. The van der Waals surface area contributed by atoms with Crippen LogP contribution in [-0.4, -0.2) is 35.7 Å². The van der Waals surface area contributed by atoms with E-state index in [2.05, 4.69) is 25.7 Å². The molecule has 2 aromatic carbocycles. The number of aromatic nitrogens is 6. The lowest BCUT2D eigenvalue weighted by atomic mass is 10.2. The van der Waals surface area contributed by atoms with Crippen molar-refractivity contribution >= 4 is 34.0 Å². The monoisotopic (exact) mass is 429 g/mol. The van der Waals surface area contributed by atoms with E-state index in [1.807, 2.05) is 61.5 Å². The molecule has 5 aromatic rings. The van der Waals surface area contributed by atoms with E-state index >= 15 is 0 Å². The van der Waals surface area contributed by atoms with E-state index in [-0.39, 0.29) is 12.3 Å². The van der Waals surface area contributed by atoms with Crippen LogP contribution < -0.4 is 5.32 Å². The molecular weight excluding hydrogens is 410 g/mol. The molecule has 3 aromatic heterocycles. The normalized spacial score (nSPS) is 11.1. The van der Waals surface area contributed by atoms with Gasteiger partial charge in [-0.3, -0.25) is 4.79 Å². The first-order chi connectivity index (χ1) is 15.2. The van der Waals surface area contributed by atoms with Gasteiger partial charge in [-0.25, -0.2) is 14.3 Å². The van der Waals surface area contributed by atoms with Crippen molar-refractivity contribution in [1.82, 2.24) is 29.8 Å². The number of benzene rings is 2. The van der Waals surface area contributed by atoms with Crippen LogP contribution in [0, 0.1) is 6.92 Å². The number of para-hydroxylation sites is 1. The number of fused-ring (bicyclic) bond motifs is 1. The standard InChI is InChI=1S/C22H19N7OS/c1-15-19(25-22(31-15)16-7-3-2-4-8-16)11-21(30)24-17-12-23-28(13-17)14-29-20-10-6-5-9-18(20)26-27-29/h2-10,12-13H,11,14H2,1H3,(H,24,30). The topological polar surface area (TPSA) is 90.5 Å². The number of hydrogen-bond donors (Lipinski definition) is 1. The third-order valence-corrected chi connectivity index (χ3v) is 5.92. The summed E-state index contributed by atoms with van der Waals surface area (Å²) < 4.78 is 3.47. The molecule has 0 aliphatic rings. The highest BCUT2D eigenvalue weighted by molar-refractivity contribution is 7.15. The summed E-state index contributed by atoms with van der Waals surface area (Å²) in [5.74, 6) is -0.126. The molecule has 0 aliphatic carbocycles. The molecule has 0 spiro atoms. The molecule has 0 bridgehead atoms. The van der Waals surface area contributed by atoms with Crippen LogP contribution in [0.5, 0.6) is 0 Å². The first-order valence-electron chi connectivity index (χ1n) is 9.78. The zero-order chi connectivity index (χ0) is 21.2. The Morgan fingerprint density at radius 3 is 2.77 bits per heavy atom. The van der Waals surface area contributed by atoms with Gasteiger partial charge >= 0.3 is 0 Å². The highest BCUT2D eigenvalue weighted by Crippen LogP contribution is 2.27. The SMILES string of the molecule is Cc1sc(-c2ccccc2)nc1CC(=O)Nc1cnn(Cn2nnc3ccccc32)c1. The van der Waals surface area contributed by atoms with E-state index in [0.29, 0.717) is 12.4 Å². The Balaban J connectivity index is 1.25. The second-order valence-electron chi connectivity index (χ2n) is 7.10. The number of anilines is 1.